The van der Waals surface area contributed by atoms with Gasteiger partial charge in [0.15, 0.2) is 5.36 Å². The van der Waals surface area contributed by atoms with Crippen LogP contribution >= 0.6 is 0 Å². The number of benzene rings is 5. The first-order chi connectivity index (χ1) is 20.4. The van der Waals surface area contributed by atoms with Gasteiger partial charge in [-0.05, 0) is 74.1 Å². The molecule has 0 heterocycles. The van der Waals surface area contributed by atoms with Crippen molar-refractivity contribution in [3.05, 3.63) is 131 Å². The first-order valence-electron chi connectivity index (χ1n) is 13.0. The molecule has 0 saturated carbocycles. The Hall–Kier alpha value is -5.79. The molecule has 198 valence electrons. The average molecular weight is 551 g/mol. The van der Waals surface area contributed by atoms with Crippen LogP contribution in [-0.2, 0) is 6.18 Å². The fourth-order valence-electron chi connectivity index (χ4n) is 5.85. The summed E-state index contributed by atoms with van der Waals surface area (Å²) < 4.78 is 40.5. The topological polar surface area (TPSA) is 52.9 Å². The fourth-order valence-corrected chi connectivity index (χ4v) is 5.85. The number of hydrogen-bond acceptors (Lipinski definition) is 3. The van der Waals surface area contributed by atoms with Gasteiger partial charge in [0.2, 0.25) is 6.19 Å². The van der Waals surface area contributed by atoms with Gasteiger partial charge < -0.3 is 0 Å². The molecule has 42 heavy (non-hydrogen) atoms. The Bertz CT molecular complexity index is 2400. The lowest BCUT2D eigenvalue weighted by atomic mass is 9.99. The molecule has 0 spiro atoms. The van der Waals surface area contributed by atoms with Gasteiger partial charge in [0.25, 0.3) is 0 Å². The molecule has 4 nitrogen and oxygen atoms in total. The van der Waals surface area contributed by atoms with E-state index >= 15 is 0 Å². The van der Waals surface area contributed by atoms with Gasteiger partial charge in [0.1, 0.15) is 0 Å². The molecule has 0 unspecified atom stereocenters. The van der Waals surface area contributed by atoms with Crippen LogP contribution in [0, 0.1) is 18.0 Å². The lowest BCUT2D eigenvalue weighted by Crippen LogP contribution is -2.06. The Morgan fingerprint density at radius 3 is 1.71 bits per heavy atom. The number of halogens is 3. The first kappa shape index (κ1) is 25.2. The maximum atomic E-state index is 13.5. The Kier molecular flexibility index (Phi) is 5.64. The Morgan fingerprint density at radius 2 is 1.10 bits per heavy atom. The van der Waals surface area contributed by atoms with Crippen molar-refractivity contribution in [2.75, 3.05) is 0 Å². The van der Waals surface area contributed by atoms with Crippen LogP contribution in [0.5, 0.6) is 0 Å². The summed E-state index contributed by atoms with van der Waals surface area (Å²) in [5.74, 6) is 0. The van der Waals surface area contributed by atoms with Gasteiger partial charge in [-0.1, -0.05) is 72.8 Å². The average Bonchev–Trinajstić information content (AvgIpc) is 3.47. The third kappa shape index (κ3) is 3.91. The molecule has 0 fully saturated rings. The molecule has 0 atom stereocenters. The van der Waals surface area contributed by atoms with Crippen LogP contribution < -0.4 is 10.7 Å². The minimum absolute atomic E-state index is 0.198. The van der Waals surface area contributed by atoms with E-state index in [0.717, 1.165) is 50.5 Å². The quantitative estimate of drug-likeness (QED) is 0.121. The van der Waals surface area contributed by atoms with Crippen molar-refractivity contribution in [1.29, 1.82) is 5.26 Å². The maximum absolute atomic E-state index is 13.5. The van der Waals surface area contributed by atoms with Crippen LogP contribution in [-0.4, -0.2) is 0 Å². The van der Waals surface area contributed by atoms with E-state index in [1.807, 2.05) is 48.5 Å². The van der Waals surface area contributed by atoms with E-state index in [-0.39, 0.29) is 10.7 Å². The summed E-state index contributed by atoms with van der Waals surface area (Å²) in [6.45, 7) is 7.49. The largest absolute Gasteiger partial charge is 0.416 e. The summed E-state index contributed by atoms with van der Waals surface area (Å²) in [5, 5.41) is 19.4. The summed E-state index contributed by atoms with van der Waals surface area (Å²) in [6, 6.07) is 31.5. The lowest BCUT2D eigenvalue weighted by Gasteiger charge is -2.06. The Labute approximate surface area is 237 Å². The normalized spacial score (nSPS) is 12.9. The van der Waals surface area contributed by atoms with E-state index in [0.29, 0.717) is 26.9 Å². The van der Waals surface area contributed by atoms with Crippen LogP contribution in [0.4, 0.5) is 13.2 Å². The molecule has 7 aromatic rings. The predicted molar refractivity (Wildman–Crippen MR) is 158 cm³/mol. The van der Waals surface area contributed by atoms with Crippen LogP contribution in [0.3, 0.4) is 0 Å². The van der Waals surface area contributed by atoms with Gasteiger partial charge in [-0.25, -0.2) is 0 Å². The van der Waals surface area contributed by atoms with Crippen molar-refractivity contribution in [3.63, 3.8) is 0 Å². The second-order valence-corrected chi connectivity index (χ2v) is 10.0. The minimum atomic E-state index is -4.53. The molecule has 7 heteroatoms. The van der Waals surface area contributed by atoms with Crippen LogP contribution in [0.1, 0.15) is 5.56 Å². The van der Waals surface area contributed by atoms with Crippen molar-refractivity contribution in [3.8, 4) is 28.4 Å². The van der Waals surface area contributed by atoms with E-state index in [1.165, 1.54) is 6.07 Å². The fraction of sp³-hybridized carbons (Fsp3) is 0.0286. The van der Waals surface area contributed by atoms with E-state index < -0.39 is 11.7 Å². The highest BCUT2D eigenvalue weighted by molar-refractivity contribution is 6.21. The monoisotopic (exact) mass is 550 g/mol. The molecule has 0 aliphatic carbocycles. The van der Waals surface area contributed by atoms with Crippen LogP contribution in [0.2, 0.25) is 0 Å². The predicted octanol–water partition coefficient (Wildman–Crippen LogP) is 8.64. The summed E-state index contributed by atoms with van der Waals surface area (Å²) >= 11 is 0. The zero-order chi connectivity index (χ0) is 29.0. The third-order valence-electron chi connectivity index (χ3n) is 7.76. The van der Waals surface area contributed by atoms with Crippen molar-refractivity contribution in [2.24, 2.45) is 10.1 Å². The summed E-state index contributed by atoms with van der Waals surface area (Å²) in [6.07, 6.45) is -2.78. The third-order valence-corrected chi connectivity index (χ3v) is 7.76. The highest BCUT2D eigenvalue weighted by atomic mass is 19.4. The van der Waals surface area contributed by atoms with Crippen molar-refractivity contribution in [1.82, 2.24) is 0 Å². The van der Waals surface area contributed by atoms with Gasteiger partial charge in [-0.15, -0.1) is 4.95 Å². The van der Waals surface area contributed by atoms with Gasteiger partial charge in [-0.3, -0.25) is 0 Å². The second kappa shape index (κ2) is 9.40. The summed E-state index contributed by atoms with van der Waals surface area (Å²) in [4.78, 5) is 7.26. The zero-order valence-corrected chi connectivity index (χ0v) is 21.7. The van der Waals surface area contributed by atoms with Gasteiger partial charge in [-0.2, -0.15) is 30.0 Å². The first-order valence-corrected chi connectivity index (χ1v) is 13.0. The number of hydrogen-bond donors (Lipinski definition) is 0. The Balaban J connectivity index is 1.47. The van der Waals surface area contributed by atoms with Gasteiger partial charge in [0, 0.05) is 21.5 Å². The second-order valence-electron chi connectivity index (χ2n) is 10.0. The molecule has 0 N–H and O–H groups in total. The van der Waals surface area contributed by atoms with Crippen LogP contribution in [0.15, 0.2) is 113 Å². The summed E-state index contributed by atoms with van der Waals surface area (Å²) in [7, 11) is 0. The SMILES string of the molecule is [C-]#[N+]/N=c1\c2cc(-c3ccc(-c4ccccc4)cc3)ccc2c2cc3/c(=N/C#N)c4cc(C(F)(F)F)ccc4c3cc12. The minimum Gasteiger partial charge on any atom is -0.181 e. The highest BCUT2D eigenvalue weighted by Gasteiger charge is 2.31. The van der Waals surface area contributed by atoms with Crippen molar-refractivity contribution in [2.45, 2.75) is 6.18 Å². The summed E-state index contributed by atoms with van der Waals surface area (Å²) in [5.41, 5.74) is 3.40. The standard InChI is InChI=1S/C35H17F3N4/c1-40-42-34-29-15-23(22-9-7-21(8-10-22)20-5-3-2-4-6-20)11-13-25(29)28-17-31-27(18-32(28)34)26-14-12-24(35(36,37)38)16-30(26)33(31)41-19-39/h2-18H/b41-33+,42-34+. The smallest absolute Gasteiger partial charge is 0.181 e. The maximum Gasteiger partial charge on any atom is 0.416 e. The number of nitriles is 1. The molecule has 0 bridgehead atoms. The van der Waals surface area contributed by atoms with Crippen molar-refractivity contribution >= 4 is 43.1 Å². The number of nitrogens with zero attached hydrogens (tertiary/aromatic N) is 4. The van der Waals surface area contributed by atoms with Crippen molar-refractivity contribution < 1.29 is 13.2 Å². The number of alkyl halides is 3. The highest BCUT2D eigenvalue weighted by Crippen LogP contribution is 2.37. The molecule has 0 aliphatic heterocycles. The van der Waals surface area contributed by atoms with E-state index in [9.17, 15) is 18.4 Å². The molecule has 7 aromatic carbocycles. The molecular formula is C35H17F3N4. The van der Waals surface area contributed by atoms with E-state index in [4.69, 9.17) is 6.57 Å². The molecule has 0 saturated heterocycles. The van der Waals surface area contributed by atoms with Gasteiger partial charge >= 0.3 is 6.18 Å². The molecule has 0 aliphatic rings. The molecule has 0 amide bonds. The van der Waals surface area contributed by atoms with Crippen LogP contribution in [0.25, 0.3) is 70.3 Å². The molecule has 0 radical (unpaired) electrons. The molecular weight excluding hydrogens is 533 g/mol. The Morgan fingerprint density at radius 1 is 0.571 bits per heavy atom. The van der Waals surface area contributed by atoms with E-state index in [1.54, 1.807) is 6.19 Å². The number of fused-ring (bicyclic) bond motifs is 6. The number of rotatable bonds is 2. The van der Waals surface area contributed by atoms with E-state index in [2.05, 4.69) is 51.4 Å². The zero-order valence-electron chi connectivity index (χ0n) is 21.7. The molecule has 0 aromatic heterocycles. The lowest BCUT2D eigenvalue weighted by molar-refractivity contribution is -0.137. The van der Waals surface area contributed by atoms with Gasteiger partial charge in [0.05, 0.1) is 16.0 Å². The molecule has 7 rings (SSSR count).